The number of carbonyl (C=O) groups excluding carboxylic acids is 2. The summed E-state index contributed by atoms with van der Waals surface area (Å²) < 4.78 is 7.06. The van der Waals surface area contributed by atoms with Gasteiger partial charge >= 0.3 is 0 Å². The van der Waals surface area contributed by atoms with E-state index in [4.69, 9.17) is 16.3 Å². The molecule has 2 amide bonds. The Morgan fingerprint density at radius 3 is 2.77 bits per heavy atom. The van der Waals surface area contributed by atoms with Crippen molar-refractivity contribution in [3.8, 4) is 5.75 Å². The smallest absolute Gasteiger partial charge is 0.229 e. The second-order valence-corrected chi connectivity index (χ2v) is 7.44. The average molecular weight is 426 g/mol. The van der Waals surface area contributed by atoms with Crippen LogP contribution in [0.1, 0.15) is 12.0 Å². The third-order valence-electron chi connectivity index (χ3n) is 4.96. The van der Waals surface area contributed by atoms with Crippen LogP contribution in [0.3, 0.4) is 0 Å². The Morgan fingerprint density at radius 2 is 2.07 bits per heavy atom. The van der Waals surface area contributed by atoms with Gasteiger partial charge in [-0.25, -0.2) is 9.67 Å². The third kappa shape index (κ3) is 4.28. The van der Waals surface area contributed by atoms with Gasteiger partial charge in [-0.1, -0.05) is 23.7 Å². The van der Waals surface area contributed by atoms with E-state index in [0.717, 1.165) is 5.56 Å². The Kier molecular flexibility index (Phi) is 5.67. The molecule has 154 valence electrons. The van der Waals surface area contributed by atoms with Crippen molar-refractivity contribution in [3.63, 3.8) is 0 Å². The average Bonchev–Trinajstić information content (AvgIpc) is 3.39. The van der Waals surface area contributed by atoms with Gasteiger partial charge in [0.1, 0.15) is 18.4 Å². The number of halogens is 1. The largest absolute Gasteiger partial charge is 0.495 e. The number of amides is 2. The standard InChI is InChI=1S/C21H20ClN5O3/c1-30-19-7-4-16(22)9-18(19)27-11-15(8-20(27)28)21(29)25-17-5-2-14(3-6-17)10-26-13-23-12-24-26/h2-7,9,12-13,15H,8,10-11H2,1H3,(H,25,29)/t15-/m1/s1. The van der Waals surface area contributed by atoms with Crippen LogP contribution in [0.15, 0.2) is 55.1 Å². The lowest BCUT2D eigenvalue weighted by Crippen LogP contribution is -2.28. The molecule has 0 radical (unpaired) electrons. The molecule has 2 heterocycles. The molecule has 1 fully saturated rings. The van der Waals surface area contributed by atoms with Gasteiger partial charge in [-0.05, 0) is 35.9 Å². The van der Waals surface area contributed by atoms with Gasteiger partial charge in [0.05, 0.1) is 25.3 Å². The first-order valence-electron chi connectivity index (χ1n) is 9.39. The summed E-state index contributed by atoms with van der Waals surface area (Å²) in [5, 5.41) is 7.46. The van der Waals surface area contributed by atoms with E-state index in [-0.39, 0.29) is 24.8 Å². The molecule has 1 N–H and O–H groups in total. The van der Waals surface area contributed by atoms with Crippen LogP contribution in [0.25, 0.3) is 0 Å². The van der Waals surface area contributed by atoms with Crippen LogP contribution < -0.4 is 15.0 Å². The van der Waals surface area contributed by atoms with Crippen LogP contribution in [0, 0.1) is 5.92 Å². The van der Waals surface area contributed by atoms with Gasteiger partial charge in [-0.3, -0.25) is 9.59 Å². The first-order valence-corrected chi connectivity index (χ1v) is 9.77. The highest BCUT2D eigenvalue weighted by Gasteiger charge is 2.36. The Labute approximate surface area is 178 Å². The Bertz CT molecular complexity index is 1050. The van der Waals surface area contributed by atoms with E-state index in [1.165, 1.54) is 13.4 Å². The van der Waals surface area contributed by atoms with Crippen molar-refractivity contribution in [2.75, 3.05) is 23.9 Å². The number of anilines is 2. The monoisotopic (exact) mass is 425 g/mol. The maximum atomic E-state index is 12.7. The van der Waals surface area contributed by atoms with Crippen LogP contribution in [0.4, 0.5) is 11.4 Å². The Hall–Kier alpha value is -3.39. The normalized spacial score (nSPS) is 16.0. The number of aromatic nitrogens is 3. The van der Waals surface area contributed by atoms with E-state index in [1.54, 1.807) is 34.1 Å². The Morgan fingerprint density at radius 1 is 1.27 bits per heavy atom. The van der Waals surface area contributed by atoms with Crippen LogP contribution in [-0.4, -0.2) is 40.2 Å². The third-order valence-corrected chi connectivity index (χ3v) is 5.20. The zero-order chi connectivity index (χ0) is 21.1. The molecule has 30 heavy (non-hydrogen) atoms. The molecule has 1 aromatic heterocycles. The first-order chi connectivity index (χ1) is 14.5. The molecule has 9 heteroatoms. The van der Waals surface area contributed by atoms with Crippen molar-refractivity contribution in [2.45, 2.75) is 13.0 Å². The number of nitrogens with one attached hydrogen (secondary N) is 1. The van der Waals surface area contributed by atoms with Crippen LogP contribution in [0.5, 0.6) is 5.75 Å². The second-order valence-electron chi connectivity index (χ2n) is 7.00. The minimum absolute atomic E-state index is 0.131. The zero-order valence-electron chi connectivity index (χ0n) is 16.3. The summed E-state index contributed by atoms with van der Waals surface area (Å²) in [5.74, 6) is -0.262. The van der Waals surface area contributed by atoms with Gasteiger partial charge in [0.2, 0.25) is 11.8 Å². The summed E-state index contributed by atoms with van der Waals surface area (Å²) in [5.41, 5.74) is 2.28. The molecular weight excluding hydrogens is 406 g/mol. The van der Waals surface area contributed by atoms with Crippen molar-refractivity contribution >= 4 is 34.8 Å². The molecule has 2 aromatic carbocycles. The maximum Gasteiger partial charge on any atom is 0.229 e. The van der Waals surface area contributed by atoms with E-state index < -0.39 is 5.92 Å². The molecule has 0 aliphatic carbocycles. The molecule has 1 aliphatic rings. The van der Waals surface area contributed by atoms with Crippen molar-refractivity contribution in [3.05, 3.63) is 65.7 Å². The van der Waals surface area contributed by atoms with Crippen LogP contribution in [0.2, 0.25) is 5.02 Å². The molecule has 3 aromatic rings. The van der Waals surface area contributed by atoms with E-state index in [0.29, 0.717) is 28.7 Å². The van der Waals surface area contributed by atoms with Gasteiger partial charge in [-0.15, -0.1) is 0 Å². The summed E-state index contributed by atoms with van der Waals surface area (Å²) >= 11 is 6.08. The number of methoxy groups -OCH3 is 1. The molecule has 0 bridgehead atoms. The topological polar surface area (TPSA) is 89.3 Å². The van der Waals surface area contributed by atoms with Gasteiger partial charge in [0, 0.05) is 23.7 Å². The number of benzene rings is 2. The molecule has 4 rings (SSSR count). The minimum Gasteiger partial charge on any atom is -0.495 e. The number of ether oxygens (including phenoxy) is 1. The highest BCUT2D eigenvalue weighted by atomic mass is 35.5. The number of carbonyl (C=O) groups is 2. The van der Waals surface area contributed by atoms with Gasteiger partial charge in [-0.2, -0.15) is 5.10 Å². The van der Waals surface area contributed by atoms with Gasteiger partial charge in [0.15, 0.2) is 0 Å². The highest BCUT2D eigenvalue weighted by Crippen LogP contribution is 2.35. The lowest BCUT2D eigenvalue weighted by molar-refractivity contribution is -0.122. The fourth-order valence-electron chi connectivity index (χ4n) is 3.43. The molecule has 0 saturated carbocycles. The molecule has 0 spiro atoms. The fraction of sp³-hybridized carbons (Fsp3) is 0.238. The second kappa shape index (κ2) is 8.54. The SMILES string of the molecule is COc1ccc(Cl)cc1N1C[C@H](C(=O)Nc2ccc(Cn3cncn3)cc2)CC1=O. The lowest BCUT2D eigenvalue weighted by Gasteiger charge is -2.20. The van der Waals surface area contributed by atoms with Crippen molar-refractivity contribution in [2.24, 2.45) is 5.92 Å². The number of nitrogens with zero attached hydrogens (tertiary/aromatic N) is 4. The fourth-order valence-corrected chi connectivity index (χ4v) is 3.60. The Balaban J connectivity index is 1.41. The van der Waals surface area contributed by atoms with Crippen molar-refractivity contribution in [1.82, 2.24) is 14.8 Å². The summed E-state index contributed by atoms with van der Waals surface area (Å²) in [6, 6.07) is 12.6. The predicted molar refractivity (Wildman–Crippen MR) is 113 cm³/mol. The van der Waals surface area contributed by atoms with E-state index in [2.05, 4.69) is 15.4 Å². The summed E-state index contributed by atoms with van der Waals surface area (Å²) in [4.78, 5) is 30.8. The molecule has 0 unspecified atom stereocenters. The predicted octanol–water partition coefficient (Wildman–Crippen LogP) is 2.98. The first kappa shape index (κ1) is 19.9. The van der Waals surface area contributed by atoms with E-state index in [9.17, 15) is 9.59 Å². The summed E-state index contributed by atoms with van der Waals surface area (Å²) in [6.45, 7) is 0.869. The number of rotatable bonds is 6. The quantitative estimate of drug-likeness (QED) is 0.655. The van der Waals surface area contributed by atoms with Crippen molar-refractivity contribution < 1.29 is 14.3 Å². The number of hydrogen-bond donors (Lipinski definition) is 1. The summed E-state index contributed by atoms with van der Waals surface area (Å²) in [7, 11) is 1.53. The maximum absolute atomic E-state index is 12.7. The van der Waals surface area contributed by atoms with E-state index >= 15 is 0 Å². The zero-order valence-corrected chi connectivity index (χ0v) is 17.0. The van der Waals surface area contributed by atoms with E-state index in [1.807, 2.05) is 24.3 Å². The van der Waals surface area contributed by atoms with Crippen molar-refractivity contribution in [1.29, 1.82) is 0 Å². The van der Waals surface area contributed by atoms with Gasteiger partial charge < -0.3 is 15.0 Å². The van der Waals surface area contributed by atoms with Crippen LogP contribution >= 0.6 is 11.6 Å². The molecule has 8 nitrogen and oxygen atoms in total. The molecule has 1 aliphatic heterocycles. The minimum atomic E-state index is -0.462. The lowest BCUT2D eigenvalue weighted by atomic mass is 10.1. The van der Waals surface area contributed by atoms with Crippen LogP contribution in [-0.2, 0) is 16.1 Å². The molecular formula is C21H20ClN5O3. The van der Waals surface area contributed by atoms with Gasteiger partial charge in [0.25, 0.3) is 0 Å². The summed E-state index contributed by atoms with van der Waals surface area (Å²) in [6.07, 6.45) is 3.26. The highest BCUT2D eigenvalue weighted by molar-refractivity contribution is 6.31. The molecule has 1 saturated heterocycles. The number of hydrogen-bond acceptors (Lipinski definition) is 5. The molecule has 1 atom stereocenters.